The van der Waals surface area contributed by atoms with E-state index < -0.39 is 0 Å². The van der Waals surface area contributed by atoms with Gasteiger partial charge in [-0.2, -0.15) is 0 Å². The van der Waals surface area contributed by atoms with Gasteiger partial charge in [0.05, 0.1) is 12.6 Å². The van der Waals surface area contributed by atoms with Gasteiger partial charge < -0.3 is 5.32 Å². The molecule has 0 bridgehead atoms. The molecular weight excluding hydrogens is 387 g/mol. The van der Waals surface area contributed by atoms with Crippen molar-refractivity contribution >= 4 is 17.5 Å². The van der Waals surface area contributed by atoms with Crippen LogP contribution in [0.3, 0.4) is 0 Å². The molecule has 5 heteroatoms. The number of rotatable bonds is 8. The van der Waals surface area contributed by atoms with Gasteiger partial charge >= 0.3 is 0 Å². The number of carbonyl (C=O) groups excluding carboxylic acids is 1. The van der Waals surface area contributed by atoms with Crippen molar-refractivity contribution in [2.24, 2.45) is 0 Å². The van der Waals surface area contributed by atoms with E-state index in [4.69, 9.17) is 11.6 Å². The summed E-state index contributed by atoms with van der Waals surface area (Å²) in [7, 11) is 1.90. The summed E-state index contributed by atoms with van der Waals surface area (Å²) < 4.78 is 13.4. The fourth-order valence-electron chi connectivity index (χ4n) is 3.39. The molecule has 0 saturated carbocycles. The van der Waals surface area contributed by atoms with Crippen LogP contribution in [0, 0.1) is 5.82 Å². The lowest BCUT2D eigenvalue weighted by molar-refractivity contribution is -0.122. The van der Waals surface area contributed by atoms with Crippen molar-refractivity contribution in [2.45, 2.75) is 12.5 Å². The van der Waals surface area contributed by atoms with Crippen LogP contribution in [-0.2, 0) is 11.2 Å². The number of carbonyl (C=O) groups is 1. The largest absolute Gasteiger partial charge is 0.355 e. The van der Waals surface area contributed by atoms with E-state index in [1.165, 1.54) is 12.1 Å². The van der Waals surface area contributed by atoms with Crippen LogP contribution < -0.4 is 5.32 Å². The average Bonchev–Trinajstić information content (AvgIpc) is 2.72. The summed E-state index contributed by atoms with van der Waals surface area (Å²) in [4.78, 5) is 14.5. The van der Waals surface area contributed by atoms with Crippen molar-refractivity contribution in [3.63, 3.8) is 0 Å². The van der Waals surface area contributed by atoms with Crippen LogP contribution >= 0.6 is 11.6 Å². The Bertz CT molecular complexity index is 931. The summed E-state index contributed by atoms with van der Waals surface area (Å²) in [5, 5.41) is 3.66. The molecule has 1 unspecified atom stereocenters. The topological polar surface area (TPSA) is 32.3 Å². The molecular formula is C24H24ClFN2O. The maximum absolute atomic E-state index is 13.4. The molecule has 1 atom stereocenters. The molecule has 0 heterocycles. The molecule has 29 heavy (non-hydrogen) atoms. The van der Waals surface area contributed by atoms with Gasteiger partial charge in [-0.15, -0.1) is 0 Å². The van der Waals surface area contributed by atoms with Gasteiger partial charge in [-0.05, 0) is 48.4 Å². The monoisotopic (exact) mass is 410 g/mol. The SMILES string of the molecule is CN(CC(=O)NCCc1ccccc1Cl)C(c1ccccc1)c1ccc(F)cc1. The Hall–Kier alpha value is -2.69. The zero-order chi connectivity index (χ0) is 20.6. The highest BCUT2D eigenvalue weighted by molar-refractivity contribution is 6.31. The van der Waals surface area contributed by atoms with Crippen LogP contribution in [-0.4, -0.2) is 30.9 Å². The molecule has 150 valence electrons. The number of nitrogens with one attached hydrogen (secondary N) is 1. The first-order valence-corrected chi connectivity index (χ1v) is 9.93. The van der Waals surface area contributed by atoms with Crippen LogP contribution in [0.1, 0.15) is 22.7 Å². The van der Waals surface area contributed by atoms with Gasteiger partial charge in [0.25, 0.3) is 0 Å². The van der Waals surface area contributed by atoms with E-state index >= 15 is 0 Å². The van der Waals surface area contributed by atoms with E-state index in [0.29, 0.717) is 18.0 Å². The first-order chi connectivity index (χ1) is 14.0. The molecule has 3 rings (SSSR count). The molecule has 0 aliphatic heterocycles. The van der Waals surface area contributed by atoms with Crippen molar-refractivity contribution in [1.82, 2.24) is 10.2 Å². The Morgan fingerprint density at radius 3 is 2.28 bits per heavy atom. The quantitative estimate of drug-likeness (QED) is 0.575. The predicted octanol–water partition coefficient (Wildman–Crippen LogP) is 4.86. The van der Waals surface area contributed by atoms with Crippen molar-refractivity contribution in [1.29, 1.82) is 0 Å². The lowest BCUT2D eigenvalue weighted by Gasteiger charge is -2.28. The molecule has 0 spiro atoms. The molecule has 0 aliphatic carbocycles. The Morgan fingerprint density at radius 1 is 0.966 bits per heavy atom. The standard InChI is InChI=1S/C24H24ClFN2O/c1-28(17-23(29)27-16-15-18-7-5-6-10-22(18)25)24(19-8-3-2-4-9-19)20-11-13-21(26)14-12-20/h2-14,24H,15-17H2,1H3,(H,27,29). The van der Waals surface area contributed by atoms with Crippen molar-refractivity contribution in [3.8, 4) is 0 Å². The number of likely N-dealkylation sites (N-methyl/N-ethyl adjacent to an activating group) is 1. The zero-order valence-corrected chi connectivity index (χ0v) is 17.1. The van der Waals surface area contributed by atoms with E-state index in [1.54, 1.807) is 12.1 Å². The maximum Gasteiger partial charge on any atom is 0.234 e. The van der Waals surface area contributed by atoms with Crippen molar-refractivity contribution in [3.05, 3.63) is 106 Å². The Balaban J connectivity index is 1.65. The van der Waals surface area contributed by atoms with E-state index in [9.17, 15) is 9.18 Å². The number of hydrogen-bond acceptors (Lipinski definition) is 2. The average molecular weight is 411 g/mol. The maximum atomic E-state index is 13.4. The van der Waals surface area contributed by atoms with Gasteiger partial charge in [-0.25, -0.2) is 4.39 Å². The van der Waals surface area contributed by atoms with E-state index in [2.05, 4.69) is 5.32 Å². The summed E-state index contributed by atoms with van der Waals surface area (Å²) >= 11 is 6.16. The summed E-state index contributed by atoms with van der Waals surface area (Å²) in [5.74, 6) is -0.344. The van der Waals surface area contributed by atoms with Crippen LogP contribution in [0.25, 0.3) is 0 Å². The molecule has 1 N–H and O–H groups in total. The number of benzene rings is 3. The van der Waals surface area contributed by atoms with E-state index in [1.807, 2.05) is 66.5 Å². The molecule has 0 radical (unpaired) electrons. The molecule has 3 aromatic rings. The summed E-state index contributed by atoms with van der Waals surface area (Å²) in [6.07, 6.45) is 0.676. The van der Waals surface area contributed by atoms with Crippen LogP contribution in [0.4, 0.5) is 4.39 Å². The van der Waals surface area contributed by atoms with Crippen molar-refractivity contribution < 1.29 is 9.18 Å². The summed E-state index contributed by atoms with van der Waals surface area (Å²) in [6, 6.07) is 23.8. The molecule has 0 fully saturated rings. The number of nitrogens with zero attached hydrogens (tertiary/aromatic N) is 1. The van der Waals surface area contributed by atoms with Crippen LogP contribution in [0.5, 0.6) is 0 Å². The third-order valence-corrected chi connectivity index (χ3v) is 5.18. The first kappa shape index (κ1) is 21.0. The molecule has 0 saturated heterocycles. The van der Waals surface area contributed by atoms with Gasteiger partial charge in [0.1, 0.15) is 5.82 Å². The van der Waals surface area contributed by atoms with Gasteiger partial charge in [0.15, 0.2) is 0 Å². The third kappa shape index (κ3) is 5.89. The number of hydrogen-bond donors (Lipinski definition) is 1. The fourth-order valence-corrected chi connectivity index (χ4v) is 3.62. The minimum absolute atomic E-state index is 0.0670. The minimum Gasteiger partial charge on any atom is -0.355 e. The second kappa shape index (κ2) is 10.2. The molecule has 3 aromatic carbocycles. The van der Waals surface area contributed by atoms with Gasteiger partial charge in [0.2, 0.25) is 5.91 Å². The van der Waals surface area contributed by atoms with E-state index in [0.717, 1.165) is 16.7 Å². The second-order valence-electron chi connectivity index (χ2n) is 6.97. The zero-order valence-electron chi connectivity index (χ0n) is 16.3. The molecule has 0 aliphatic rings. The second-order valence-corrected chi connectivity index (χ2v) is 7.38. The molecule has 3 nitrogen and oxygen atoms in total. The Labute approximate surface area is 176 Å². The molecule has 1 amide bonds. The molecule has 0 aromatic heterocycles. The highest BCUT2D eigenvalue weighted by atomic mass is 35.5. The Kier molecular flexibility index (Phi) is 7.39. The third-order valence-electron chi connectivity index (χ3n) is 4.81. The minimum atomic E-state index is -0.277. The first-order valence-electron chi connectivity index (χ1n) is 9.55. The van der Waals surface area contributed by atoms with Gasteiger partial charge in [0, 0.05) is 11.6 Å². The smallest absolute Gasteiger partial charge is 0.234 e. The van der Waals surface area contributed by atoms with Crippen LogP contribution in [0.15, 0.2) is 78.9 Å². The fraction of sp³-hybridized carbons (Fsp3) is 0.208. The van der Waals surface area contributed by atoms with E-state index in [-0.39, 0.29) is 24.3 Å². The van der Waals surface area contributed by atoms with Crippen molar-refractivity contribution in [2.75, 3.05) is 20.1 Å². The Morgan fingerprint density at radius 2 is 1.59 bits per heavy atom. The highest BCUT2D eigenvalue weighted by Gasteiger charge is 2.21. The lowest BCUT2D eigenvalue weighted by atomic mass is 9.97. The highest BCUT2D eigenvalue weighted by Crippen LogP contribution is 2.27. The summed E-state index contributed by atoms with van der Waals surface area (Å²) in [6.45, 7) is 0.739. The predicted molar refractivity (Wildman–Crippen MR) is 115 cm³/mol. The van der Waals surface area contributed by atoms with Gasteiger partial charge in [-0.1, -0.05) is 72.3 Å². The van der Waals surface area contributed by atoms with Gasteiger partial charge in [-0.3, -0.25) is 9.69 Å². The number of amides is 1. The lowest BCUT2D eigenvalue weighted by Crippen LogP contribution is -2.38. The normalized spacial score (nSPS) is 12.0. The van der Waals surface area contributed by atoms with Crippen LogP contribution in [0.2, 0.25) is 5.02 Å². The number of halogens is 2. The summed E-state index contributed by atoms with van der Waals surface area (Å²) in [5.41, 5.74) is 2.99.